The molecule has 0 radical (unpaired) electrons. The van der Waals surface area contributed by atoms with Crippen molar-refractivity contribution in [3.63, 3.8) is 0 Å². The maximum atomic E-state index is 12.9. The van der Waals surface area contributed by atoms with E-state index in [0.29, 0.717) is 43.0 Å². The molecule has 0 aliphatic rings. The van der Waals surface area contributed by atoms with Crippen LogP contribution >= 0.6 is 0 Å². The lowest BCUT2D eigenvalue weighted by atomic mass is 10.2. The number of hydrogen-bond donors (Lipinski definition) is 1. The lowest BCUT2D eigenvalue weighted by molar-refractivity contribution is 0.102. The molecule has 34 heavy (non-hydrogen) atoms. The summed E-state index contributed by atoms with van der Waals surface area (Å²) in [5, 5.41) is 10.4. The fourth-order valence-electron chi connectivity index (χ4n) is 3.39. The van der Waals surface area contributed by atoms with E-state index in [9.17, 15) is 13.2 Å². The Hall–Kier alpha value is -3.44. The molecular formula is C23H28N4O6S. The van der Waals surface area contributed by atoms with Crippen LogP contribution in [0.25, 0.3) is 11.5 Å². The molecule has 3 rings (SSSR count). The van der Waals surface area contributed by atoms with Crippen molar-refractivity contribution in [1.29, 1.82) is 0 Å². The van der Waals surface area contributed by atoms with E-state index in [-0.39, 0.29) is 22.4 Å². The van der Waals surface area contributed by atoms with Crippen LogP contribution in [-0.2, 0) is 10.0 Å². The lowest BCUT2D eigenvalue weighted by Crippen LogP contribution is -2.32. The Balaban J connectivity index is 1.76. The van der Waals surface area contributed by atoms with Crippen LogP contribution in [0, 0.1) is 0 Å². The fraction of sp³-hybridized carbons (Fsp3) is 0.348. The van der Waals surface area contributed by atoms with Gasteiger partial charge in [0.25, 0.3) is 11.8 Å². The summed E-state index contributed by atoms with van der Waals surface area (Å²) in [5.74, 6) is 0.536. The first-order chi connectivity index (χ1) is 16.3. The van der Waals surface area contributed by atoms with E-state index in [4.69, 9.17) is 13.9 Å². The Labute approximate surface area is 198 Å². The summed E-state index contributed by atoms with van der Waals surface area (Å²) < 4.78 is 43.5. The Kier molecular flexibility index (Phi) is 8.24. The van der Waals surface area contributed by atoms with E-state index < -0.39 is 15.9 Å². The van der Waals surface area contributed by atoms with Crippen LogP contribution in [0.15, 0.2) is 51.8 Å². The van der Waals surface area contributed by atoms with Gasteiger partial charge in [0.1, 0.15) is 0 Å². The van der Waals surface area contributed by atoms with E-state index in [2.05, 4.69) is 15.5 Å². The van der Waals surface area contributed by atoms with Crippen LogP contribution in [-0.4, -0.2) is 56.1 Å². The van der Waals surface area contributed by atoms with Gasteiger partial charge in [-0.2, -0.15) is 4.31 Å². The molecule has 11 heteroatoms. The van der Waals surface area contributed by atoms with Gasteiger partial charge in [-0.3, -0.25) is 10.1 Å². The smallest absolute Gasteiger partial charge is 0.322 e. The molecule has 0 saturated heterocycles. The largest absolute Gasteiger partial charge is 0.493 e. The molecule has 0 aliphatic carbocycles. The van der Waals surface area contributed by atoms with Gasteiger partial charge in [-0.05, 0) is 49.2 Å². The van der Waals surface area contributed by atoms with E-state index in [1.165, 1.54) is 42.8 Å². The number of nitrogens with one attached hydrogen (secondary N) is 1. The van der Waals surface area contributed by atoms with Crippen molar-refractivity contribution in [1.82, 2.24) is 14.5 Å². The van der Waals surface area contributed by atoms with Gasteiger partial charge < -0.3 is 13.9 Å². The summed E-state index contributed by atoms with van der Waals surface area (Å²) in [7, 11) is -0.617. The van der Waals surface area contributed by atoms with E-state index >= 15 is 0 Å². The van der Waals surface area contributed by atoms with E-state index in [0.717, 1.165) is 0 Å². The number of sulfonamides is 1. The third-order valence-corrected chi connectivity index (χ3v) is 6.89. The molecule has 10 nitrogen and oxygen atoms in total. The van der Waals surface area contributed by atoms with E-state index in [1.54, 1.807) is 18.2 Å². The fourth-order valence-corrected chi connectivity index (χ4v) is 5.01. The number of carbonyl (C=O) groups is 1. The second kappa shape index (κ2) is 11.1. The normalized spacial score (nSPS) is 11.4. The zero-order valence-electron chi connectivity index (χ0n) is 19.6. The van der Waals surface area contributed by atoms with Gasteiger partial charge in [0.15, 0.2) is 11.5 Å². The molecule has 1 aromatic heterocycles. The van der Waals surface area contributed by atoms with Crippen LogP contribution in [0.3, 0.4) is 0 Å². The highest BCUT2D eigenvalue weighted by molar-refractivity contribution is 7.89. The van der Waals surface area contributed by atoms with Crippen molar-refractivity contribution >= 4 is 21.9 Å². The van der Waals surface area contributed by atoms with Crippen LogP contribution in [0.2, 0.25) is 0 Å². The zero-order chi connectivity index (χ0) is 24.7. The number of ether oxygens (including phenoxy) is 2. The first kappa shape index (κ1) is 25.2. The van der Waals surface area contributed by atoms with Gasteiger partial charge in [0, 0.05) is 18.7 Å². The zero-order valence-corrected chi connectivity index (χ0v) is 20.4. The molecule has 0 bridgehead atoms. The second-order valence-electron chi connectivity index (χ2n) is 7.34. The summed E-state index contributed by atoms with van der Waals surface area (Å²) in [4.78, 5) is 12.8. The lowest BCUT2D eigenvalue weighted by Gasteiger charge is -2.21. The number of nitrogens with zero attached hydrogens (tertiary/aromatic N) is 3. The molecule has 1 amide bonds. The van der Waals surface area contributed by atoms with Gasteiger partial charge in [0.05, 0.1) is 24.7 Å². The summed E-state index contributed by atoms with van der Waals surface area (Å²) in [6.45, 7) is 4.74. The quantitative estimate of drug-likeness (QED) is 0.432. The number of amides is 1. The Morgan fingerprint density at radius 3 is 2.26 bits per heavy atom. The Bertz CT molecular complexity index is 1220. The molecule has 0 spiro atoms. The molecule has 182 valence electrons. The van der Waals surface area contributed by atoms with Gasteiger partial charge in [0.2, 0.25) is 10.0 Å². The summed E-state index contributed by atoms with van der Waals surface area (Å²) >= 11 is 0. The number of anilines is 1. The van der Waals surface area contributed by atoms with Crippen LogP contribution < -0.4 is 14.8 Å². The number of hydrogen-bond acceptors (Lipinski definition) is 8. The molecule has 2 aromatic carbocycles. The minimum Gasteiger partial charge on any atom is -0.493 e. The maximum absolute atomic E-state index is 12.9. The summed E-state index contributed by atoms with van der Waals surface area (Å²) in [5.41, 5.74) is 0.753. The molecule has 3 aromatic rings. The predicted octanol–water partition coefficient (Wildman–Crippen LogP) is 3.82. The average Bonchev–Trinajstić information content (AvgIpc) is 3.31. The Morgan fingerprint density at radius 2 is 1.68 bits per heavy atom. The highest BCUT2D eigenvalue weighted by atomic mass is 32.2. The van der Waals surface area contributed by atoms with Crippen LogP contribution in [0.1, 0.15) is 37.0 Å². The SMILES string of the molecule is CCCN(CCC)S(=O)(=O)c1ccc(C(=O)Nc2nnc(-c3cccc(OC)c3OC)o2)cc1. The highest BCUT2D eigenvalue weighted by Crippen LogP contribution is 2.37. The number of para-hydroxylation sites is 1. The molecule has 1 heterocycles. The first-order valence-corrected chi connectivity index (χ1v) is 12.3. The minimum atomic E-state index is -3.63. The number of methoxy groups -OCH3 is 2. The highest BCUT2D eigenvalue weighted by Gasteiger charge is 2.23. The Morgan fingerprint density at radius 1 is 1.00 bits per heavy atom. The molecular weight excluding hydrogens is 460 g/mol. The monoisotopic (exact) mass is 488 g/mol. The number of carbonyl (C=O) groups excluding carboxylic acids is 1. The summed E-state index contributed by atoms with van der Waals surface area (Å²) in [6, 6.07) is 10.8. The topological polar surface area (TPSA) is 124 Å². The van der Waals surface area contributed by atoms with Crippen LogP contribution in [0.5, 0.6) is 11.5 Å². The third-order valence-electron chi connectivity index (χ3n) is 4.98. The van der Waals surface area contributed by atoms with Crippen molar-refractivity contribution < 1.29 is 27.1 Å². The average molecular weight is 489 g/mol. The van der Waals surface area contributed by atoms with Crippen molar-refractivity contribution in [2.75, 3.05) is 32.6 Å². The number of rotatable bonds is 11. The molecule has 0 unspecified atom stereocenters. The minimum absolute atomic E-state index is 0.112. The molecule has 1 N–H and O–H groups in total. The molecule has 0 atom stereocenters. The standard InChI is InChI=1S/C23H28N4O6S/c1-5-14-27(15-6-2)34(29,30)17-12-10-16(11-13-17)21(28)24-23-26-25-22(33-23)18-8-7-9-19(31-3)20(18)32-4/h7-13H,5-6,14-15H2,1-4H3,(H,24,26,28). The van der Waals surface area contributed by atoms with Crippen molar-refractivity contribution in [3.8, 4) is 23.0 Å². The predicted molar refractivity (Wildman–Crippen MR) is 127 cm³/mol. The first-order valence-electron chi connectivity index (χ1n) is 10.8. The maximum Gasteiger partial charge on any atom is 0.322 e. The van der Waals surface area contributed by atoms with Gasteiger partial charge in [-0.25, -0.2) is 8.42 Å². The summed E-state index contributed by atoms with van der Waals surface area (Å²) in [6.07, 6.45) is 1.43. The van der Waals surface area contributed by atoms with Crippen LogP contribution in [0.4, 0.5) is 6.01 Å². The van der Waals surface area contributed by atoms with Crippen molar-refractivity contribution in [2.24, 2.45) is 0 Å². The molecule has 0 aliphatic heterocycles. The number of aromatic nitrogens is 2. The van der Waals surface area contributed by atoms with E-state index in [1.807, 2.05) is 13.8 Å². The van der Waals surface area contributed by atoms with Gasteiger partial charge in [-0.1, -0.05) is 25.0 Å². The number of benzene rings is 2. The molecule has 0 fully saturated rings. The van der Waals surface area contributed by atoms with Crippen molar-refractivity contribution in [2.45, 2.75) is 31.6 Å². The van der Waals surface area contributed by atoms with Crippen molar-refractivity contribution in [3.05, 3.63) is 48.0 Å². The third kappa shape index (κ3) is 5.37. The second-order valence-corrected chi connectivity index (χ2v) is 9.27. The van der Waals surface area contributed by atoms with Gasteiger partial charge in [-0.15, -0.1) is 5.10 Å². The van der Waals surface area contributed by atoms with Gasteiger partial charge >= 0.3 is 6.01 Å². The molecule has 0 saturated carbocycles.